The van der Waals surface area contributed by atoms with Gasteiger partial charge in [-0.2, -0.15) is 0 Å². The van der Waals surface area contributed by atoms with Gasteiger partial charge < -0.3 is 25.0 Å². The number of carbonyl (C=O) groups excluding carboxylic acids is 1. The van der Waals surface area contributed by atoms with Crippen molar-refractivity contribution in [2.45, 2.75) is 52.0 Å². The number of ether oxygens (including phenoxy) is 2. The van der Waals surface area contributed by atoms with Crippen LogP contribution in [0.1, 0.15) is 37.8 Å². The van der Waals surface area contributed by atoms with Crippen LogP contribution in [0.2, 0.25) is 0 Å². The van der Waals surface area contributed by atoms with E-state index in [1.54, 1.807) is 0 Å². The molecule has 0 aliphatic carbocycles. The average molecular weight is 446 g/mol. The number of benzene rings is 1. The summed E-state index contributed by atoms with van der Waals surface area (Å²) in [6, 6.07) is 8.71. The van der Waals surface area contributed by atoms with Crippen molar-refractivity contribution >= 4 is 11.9 Å². The Hall–Kier alpha value is -2.16. The fraction of sp³-hybridized carbons (Fsp3) is 0.667. The van der Waals surface area contributed by atoms with Crippen LogP contribution in [-0.2, 0) is 27.4 Å². The van der Waals surface area contributed by atoms with Crippen LogP contribution < -0.4 is 10.6 Å². The predicted molar refractivity (Wildman–Crippen MR) is 127 cm³/mol. The van der Waals surface area contributed by atoms with Crippen LogP contribution in [0.25, 0.3) is 0 Å². The van der Waals surface area contributed by atoms with Crippen molar-refractivity contribution in [1.29, 1.82) is 0 Å². The number of rotatable bonds is 8. The summed E-state index contributed by atoms with van der Waals surface area (Å²) < 4.78 is 11.5. The largest absolute Gasteiger partial charge is 0.381 e. The van der Waals surface area contributed by atoms with Gasteiger partial charge in [-0.15, -0.1) is 0 Å². The zero-order valence-electron chi connectivity index (χ0n) is 19.8. The highest BCUT2D eigenvalue weighted by molar-refractivity contribution is 5.80. The second-order valence-electron chi connectivity index (χ2n) is 8.83. The van der Waals surface area contributed by atoms with E-state index in [0.717, 1.165) is 64.7 Å². The number of piperazine rings is 1. The topological polar surface area (TPSA) is 78.4 Å². The minimum atomic E-state index is 0.0941. The first-order valence-electron chi connectivity index (χ1n) is 11.8. The average Bonchev–Trinajstić information content (AvgIpc) is 2.79. The normalized spacial score (nSPS) is 18.8. The summed E-state index contributed by atoms with van der Waals surface area (Å²) in [6.07, 6.45) is 2.26. The molecule has 8 heteroatoms. The van der Waals surface area contributed by atoms with Crippen molar-refractivity contribution < 1.29 is 14.3 Å². The second-order valence-corrected chi connectivity index (χ2v) is 8.83. The molecule has 0 spiro atoms. The summed E-state index contributed by atoms with van der Waals surface area (Å²) in [6.45, 7) is 10.8. The molecule has 0 unspecified atom stereocenters. The van der Waals surface area contributed by atoms with E-state index in [4.69, 9.17) is 9.47 Å². The molecule has 0 bridgehead atoms. The molecule has 2 N–H and O–H groups in total. The van der Waals surface area contributed by atoms with E-state index < -0.39 is 0 Å². The molecule has 0 saturated carbocycles. The van der Waals surface area contributed by atoms with Crippen molar-refractivity contribution in [3.63, 3.8) is 0 Å². The molecule has 2 fully saturated rings. The van der Waals surface area contributed by atoms with E-state index >= 15 is 0 Å². The molecule has 3 rings (SSSR count). The Morgan fingerprint density at radius 3 is 2.59 bits per heavy atom. The smallest absolute Gasteiger partial charge is 0.234 e. The van der Waals surface area contributed by atoms with Gasteiger partial charge in [0.2, 0.25) is 5.91 Å². The number of carbonyl (C=O) groups is 1. The quantitative estimate of drug-likeness (QED) is 0.468. The van der Waals surface area contributed by atoms with Crippen LogP contribution in [-0.4, -0.2) is 86.8 Å². The van der Waals surface area contributed by atoms with Gasteiger partial charge in [-0.25, -0.2) is 0 Å². The van der Waals surface area contributed by atoms with Gasteiger partial charge >= 0.3 is 0 Å². The first-order chi connectivity index (χ1) is 15.5. The van der Waals surface area contributed by atoms with Crippen molar-refractivity contribution in [2.24, 2.45) is 4.99 Å². The van der Waals surface area contributed by atoms with Gasteiger partial charge in [0.1, 0.15) is 0 Å². The molecule has 0 aromatic heterocycles. The number of amides is 1. The Kier molecular flexibility index (Phi) is 9.77. The minimum absolute atomic E-state index is 0.0941. The van der Waals surface area contributed by atoms with Crippen LogP contribution in [0.5, 0.6) is 0 Å². The number of hydrogen-bond donors (Lipinski definition) is 2. The lowest BCUT2D eigenvalue weighted by atomic mass is 10.1. The predicted octanol–water partition coefficient (Wildman–Crippen LogP) is 1.60. The summed E-state index contributed by atoms with van der Waals surface area (Å²) in [5, 5.41) is 6.45. The molecule has 178 valence electrons. The molecule has 1 aromatic carbocycles. The number of aliphatic imine (C=N–C) groups is 1. The maximum atomic E-state index is 12.0. The van der Waals surface area contributed by atoms with E-state index in [-0.39, 0.29) is 11.9 Å². The third-order valence-electron chi connectivity index (χ3n) is 5.80. The molecule has 2 aliphatic heterocycles. The molecular formula is C24H39N5O3. The summed E-state index contributed by atoms with van der Waals surface area (Å²) >= 11 is 0. The van der Waals surface area contributed by atoms with E-state index in [1.165, 1.54) is 11.1 Å². The highest BCUT2D eigenvalue weighted by Crippen LogP contribution is 2.14. The summed E-state index contributed by atoms with van der Waals surface area (Å²) in [4.78, 5) is 20.9. The molecule has 1 amide bonds. The summed E-state index contributed by atoms with van der Waals surface area (Å²) in [7, 11) is 1.82. The maximum Gasteiger partial charge on any atom is 0.234 e. The lowest BCUT2D eigenvalue weighted by molar-refractivity contribution is -0.123. The van der Waals surface area contributed by atoms with Gasteiger partial charge in [0, 0.05) is 59.0 Å². The maximum absolute atomic E-state index is 12.0. The Labute approximate surface area is 192 Å². The van der Waals surface area contributed by atoms with Gasteiger partial charge in [0.25, 0.3) is 0 Å². The number of nitrogens with zero attached hydrogens (tertiary/aromatic N) is 3. The number of hydrogen-bond acceptors (Lipinski definition) is 5. The molecule has 1 aromatic rings. The fourth-order valence-corrected chi connectivity index (χ4v) is 4.09. The molecule has 32 heavy (non-hydrogen) atoms. The van der Waals surface area contributed by atoms with Crippen molar-refractivity contribution in [3.8, 4) is 0 Å². The highest BCUT2D eigenvalue weighted by Gasteiger charge is 2.21. The SMILES string of the molecule is CN=C(NCc1cccc(COC2CCOCC2)c1)N1CCN(CC(=O)NC(C)C)CC1. The number of guanidine groups is 1. The zero-order chi connectivity index (χ0) is 22.8. The molecule has 2 aliphatic rings. The first-order valence-corrected chi connectivity index (χ1v) is 11.8. The second kappa shape index (κ2) is 12.8. The Balaban J connectivity index is 1.42. The van der Waals surface area contributed by atoms with Crippen LogP contribution in [0, 0.1) is 0 Å². The highest BCUT2D eigenvalue weighted by atomic mass is 16.5. The van der Waals surface area contributed by atoms with Gasteiger partial charge in [-0.05, 0) is 37.8 Å². The Morgan fingerprint density at radius 1 is 1.19 bits per heavy atom. The van der Waals surface area contributed by atoms with E-state index in [2.05, 4.69) is 49.7 Å². The van der Waals surface area contributed by atoms with Crippen LogP contribution in [0.4, 0.5) is 0 Å². The minimum Gasteiger partial charge on any atom is -0.381 e. The van der Waals surface area contributed by atoms with E-state index in [0.29, 0.717) is 19.3 Å². The van der Waals surface area contributed by atoms with Crippen molar-refractivity contribution in [2.75, 3.05) is 53.0 Å². The van der Waals surface area contributed by atoms with Crippen LogP contribution in [0.3, 0.4) is 0 Å². The molecule has 0 radical (unpaired) electrons. The molecular weight excluding hydrogens is 406 g/mol. The Bertz CT molecular complexity index is 741. The lowest BCUT2D eigenvalue weighted by Gasteiger charge is -2.36. The molecule has 0 atom stereocenters. The zero-order valence-corrected chi connectivity index (χ0v) is 19.8. The Morgan fingerprint density at radius 2 is 1.91 bits per heavy atom. The standard InChI is InChI=1S/C24H39N5O3/c1-19(2)27-23(30)17-28-9-11-29(12-10-28)24(25-3)26-16-20-5-4-6-21(15-20)18-32-22-7-13-31-14-8-22/h4-6,15,19,22H,7-14,16-18H2,1-3H3,(H,25,26)(H,27,30). The molecule has 2 saturated heterocycles. The van der Waals surface area contributed by atoms with Crippen molar-refractivity contribution in [3.05, 3.63) is 35.4 Å². The third kappa shape index (κ3) is 8.07. The molecule has 2 heterocycles. The summed E-state index contributed by atoms with van der Waals surface area (Å²) in [5.74, 6) is 0.997. The summed E-state index contributed by atoms with van der Waals surface area (Å²) in [5.41, 5.74) is 2.40. The van der Waals surface area contributed by atoms with Gasteiger partial charge in [-0.1, -0.05) is 24.3 Å². The van der Waals surface area contributed by atoms with Gasteiger partial charge in [0.15, 0.2) is 5.96 Å². The van der Waals surface area contributed by atoms with Crippen LogP contribution in [0.15, 0.2) is 29.3 Å². The third-order valence-corrected chi connectivity index (χ3v) is 5.80. The fourth-order valence-electron chi connectivity index (χ4n) is 4.09. The van der Waals surface area contributed by atoms with E-state index in [9.17, 15) is 4.79 Å². The van der Waals surface area contributed by atoms with Gasteiger partial charge in [-0.3, -0.25) is 14.7 Å². The number of nitrogens with one attached hydrogen (secondary N) is 2. The monoisotopic (exact) mass is 445 g/mol. The molecule has 8 nitrogen and oxygen atoms in total. The van der Waals surface area contributed by atoms with Crippen molar-refractivity contribution in [1.82, 2.24) is 20.4 Å². The lowest BCUT2D eigenvalue weighted by Crippen LogP contribution is -2.54. The van der Waals surface area contributed by atoms with E-state index in [1.807, 2.05) is 20.9 Å². The van der Waals surface area contributed by atoms with Gasteiger partial charge in [0.05, 0.1) is 19.3 Å². The van der Waals surface area contributed by atoms with Crippen LogP contribution >= 0.6 is 0 Å². The first kappa shape index (κ1) is 24.5.